The maximum atomic E-state index is 11.1. The molecule has 0 aliphatic rings. The number of hydrogen-bond donors (Lipinski definition) is 2. The molecule has 1 aromatic heterocycles. The second-order valence-corrected chi connectivity index (χ2v) is 5.07. The van der Waals surface area contributed by atoms with E-state index < -0.39 is 12.0 Å². The third kappa shape index (κ3) is 4.14. The second-order valence-electron chi connectivity index (χ2n) is 4.22. The molecule has 1 heterocycles. The zero-order valence-electron chi connectivity index (χ0n) is 10.5. The van der Waals surface area contributed by atoms with E-state index in [2.05, 4.69) is 31.2 Å². The Labute approximate surface area is 114 Å². The van der Waals surface area contributed by atoms with Gasteiger partial charge in [-0.1, -0.05) is 13.8 Å². The van der Waals surface area contributed by atoms with E-state index in [0.717, 1.165) is 0 Å². The SMILES string of the molecule is COc1nc(NC(CC(C)C)C(=O)O)ncc1Br. The van der Waals surface area contributed by atoms with Gasteiger partial charge in [-0.05, 0) is 28.3 Å². The number of nitrogens with zero attached hydrogens (tertiary/aromatic N) is 2. The Bertz CT molecular complexity index is 426. The van der Waals surface area contributed by atoms with Gasteiger partial charge in [0, 0.05) is 0 Å². The van der Waals surface area contributed by atoms with Gasteiger partial charge in [0.25, 0.3) is 0 Å². The van der Waals surface area contributed by atoms with Crippen LogP contribution in [0.1, 0.15) is 20.3 Å². The number of halogens is 1. The van der Waals surface area contributed by atoms with Gasteiger partial charge in [0.2, 0.25) is 11.8 Å². The molecule has 100 valence electrons. The minimum absolute atomic E-state index is 0.239. The first-order valence-corrected chi connectivity index (χ1v) is 6.29. The van der Waals surface area contributed by atoms with Gasteiger partial charge in [0.1, 0.15) is 6.04 Å². The highest BCUT2D eigenvalue weighted by Gasteiger charge is 2.20. The summed E-state index contributed by atoms with van der Waals surface area (Å²) in [6.07, 6.45) is 2.01. The number of aliphatic carboxylic acids is 1. The third-order valence-corrected chi connectivity index (χ3v) is 2.76. The third-order valence-electron chi connectivity index (χ3n) is 2.21. The van der Waals surface area contributed by atoms with Gasteiger partial charge in [-0.15, -0.1) is 0 Å². The molecule has 0 saturated carbocycles. The van der Waals surface area contributed by atoms with Gasteiger partial charge < -0.3 is 15.2 Å². The quantitative estimate of drug-likeness (QED) is 0.836. The van der Waals surface area contributed by atoms with Crippen LogP contribution in [0.25, 0.3) is 0 Å². The fourth-order valence-electron chi connectivity index (χ4n) is 1.41. The van der Waals surface area contributed by atoms with Crippen LogP contribution in [0.4, 0.5) is 5.95 Å². The molecule has 1 unspecified atom stereocenters. The number of nitrogens with one attached hydrogen (secondary N) is 1. The number of anilines is 1. The van der Waals surface area contributed by atoms with E-state index >= 15 is 0 Å². The molecule has 0 radical (unpaired) electrons. The standard InChI is InChI=1S/C11H16BrN3O3/c1-6(2)4-8(10(16)17)14-11-13-5-7(12)9(15-11)18-3/h5-6,8H,4H2,1-3H3,(H,16,17)(H,13,14,15). The molecule has 1 atom stereocenters. The van der Waals surface area contributed by atoms with Crippen LogP contribution in [0.15, 0.2) is 10.7 Å². The van der Waals surface area contributed by atoms with Crippen molar-refractivity contribution in [1.29, 1.82) is 0 Å². The Morgan fingerprint density at radius 2 is 2.28 bits per heavy atom. The van der Waals surface area contributed by atoms with Crippen molar-refractivity contribution in [2.24, 2.45) is 5.92 Å². The average molecular weight is 318 g/mol. The number of hydrogen-bond acceptors (Lipinski definition) is 5. The fraction of sp³-hybridized carbons (Fsp3) is 0.545. The lowest BCUT2D eigenvalue weighted by molar-refractivity contribution is -0.138. The van der Waals surface area contributed by atoms with E-state index in [9.17, 15) is 4.79 Å². The summed E-state index contributed by atoms with van der Waals surface area (Å²) in [6.45, 7) is 3.92. The molecular weight excluding hydrogens is 302 g/mol. The number of rotatable bonds is 6. The Hall–Kier alpha value is -1.37. The Kier molecular flexibility index (Phi) is 5.33. The molecule has 2 N–H and O–H groups in total. The average Bonchev–Trinajstić information content (AvgIpc) is 2.29. The van der Waals surface area contributed by atoms with Crippen molar-refractivity contribution in [2.45, 2.75) is 26.3 Å². The lowest BCUT2D eigenvalue weighted by Gasteiger charge is -2.16. The van der Waals surface area contributed by atoms with Crippen LogP contribution in [-0.4, -0.2) is 34.2 Å². The van der Waals surface area contributed by atoms with Crippen molar-refractivity contribution >= 4 is 27.8 Å². The van der Waals surface area contributed by atoms with Crippen LogP contribution < -0.4 is 10.1 Å². The predicted octanol–water partition coefficient (Wildman–Crippen LogP) is 2.16. The summed E-state index contributed by atoms with van der Waals surface area (Å²) in [5, 5.41) is 11.9. The van der Waals surface area contributed by atoms with Gasteiger partial charge in [0.15, 0.2) is 0 Å². The molecule has 0 aromatic carbocycles. The summed E-state index contributed by atoms with van der Waals surface area (Å²) in [5.74, 6) is -0.0607. The van der Waals surface area contributed by atoms with E-state index in [1.54, 1.807) is 0 Å². The van der Waals surface area contributed by atoms with E-state index in [4.69, 9.17) is 9.84 Å². The molecule has 1 rings (SSSR count). The maximum absolute atomic E-state index is 11.1. The molecule has 0 aliphatic carbocycles. The van der Waals surface area contributed by atoms with Crippen LogP contribution in [0.2, 0.25) is 0 Å². The van der Waals surface area contributed by atoms with Gasteiger partial charge in [-0.2, -0.15) is 4.98 Å². The van der Waals surface area contributed by atoms with Crippen LogP contribution in [-0.2, 0) is 4.79 Å². The second kappa shape index (κ2) is 6.53. The molecule has 1 aromatic rings. The summed E-state index contributed by atoms with van der Waals surface area (Å²) < 4.78 is 5.64. The van der Waals surface area contributed by atoms with Crippen LogP contribution >= 0.6 is 15.9 Å². The van der Waals surface area contributed by atoms with Crippen molar-refractivity contribution in [3.8, 4) is 5.88 Å². The predicted molar refractivity (Wildman–Crippen MR) is 70.8 cm³/mol. The van der Waals surface area contributed by atoms with Crippen molar-refractivity contribution < 1.29 is 14.6 Å². The summed E-state index contributed by atoms with van der Waals surface area (Å²) in [4.78, 5) is 19.2. The molecular formula is C11H16BrN3O3. The molecule has 0 bridgehead atoms. The molecule has 7 heteroatoms. The zero-order valence-corrected chi connectivity index (χ0v) is 12.1. The first kappa shape index (κ1) is 14.7. The van der Waals surface area contributed by atoms with E-state index in [1.807, 2.05) is 13.8 Å². The number of aromatic nitrogens is 2. The number of carboxylic acid groups (broad SMARTS) is 1. The minimum Gasteiger partial charge on any atom is -0.480 e. The molecule has 0 aliphatic heterocycles. The molecule has 18 heavy (non-hydrogen) atoms. The van der Waals surface area contributed by atoms with Crippen LogP contribution in [0.5, 0.6) is 5.88 Å². The van der Waals surface area contributed by atoms with Crippen molar-refractivity contribution in [3.05, 3.63) is 10.7 Å². The monoisotopic (exact) mass is 317 g/mol. The fourth-order valence-corrected chi connectivity index (χ4v) is 1.77. The Balaban J connectivity index is 2.83. The summed E-state index contributed by atoms with van der Waals surface area (Å²) in [6, 6.07) is -0.712. The summed E-state index contributed by atoms with van der Waals surface area (Å²) in [5.41, 5.74) is 0. The Morgan fingerprint density at radius 1 is 1.61 bits per heavy atom. The van der Waals surface area contributed by atoms with E-state index in [-0.39, 0.29) is 11.9 Å². The van der Waals surface area contributed by atoms with Crippen molar-refractivity contribution in [2.75, 3.05) is 12.4 Å². The minimum atomic E-state index is -0.922. The molecule has 0 amide bonds. The zero-order chi connectivity index (χ0) is 13.7. The van der Waals surface area contributed by atoms with Crippen molar-refractivity contribution in [1.82, 2.24) is 9.97 Å². The van der Waals surface area contributed by atoms with Gasteiger partial charge in [-0.25, -0.2) is 9.78 Å². The maximum Gasteiger partial charge on any atom is 0.326 e. The lowest BCUT2D eigenvalue weighted by Crippen LogP contribution is -2.31. The number of carboxylic acids is 1. The van der Waals surface area contributed by atoms with Gasteiger partial charge in [0.05, 0.1) is 17.8 Å². The molecule has 0 fully saturated rings. The van der Waals surface area contributed by atoms with Crippen LogP contribution in [0.3, 0.4) is 0 Å². The molecule has 0 spiro atoms. The number of ether oxygens (including phenoxy) is 1. The largest absolute Gasteiger partial charge is 0.480 e. The first-order valence-electron chi connectivity index (χ1n) is 5.50. The smallest absolute Gasteiger partial charge is 0.326 e. The number of carbonyl (C=O) groups is 1. The number of methoxy groups -OCH3 is 1. The highest BCUT2D eigenvalue weighted by atomic mass is 79.9. The van der Waals surface area contributed by atoms with E-state index in [1.165, 1.54) is 13.3 Å². The lowest BCUT2D eigenvalue weighted by atomic mass is 10.0. The Morgan fingerprint density at radius 3 is 2.78 bits per heavy atom. The first-order chi connectivity index (χ1) is 8.43. The summed E-state index contributed by atoms with van der Waals surface area (Å²) in [7, 11) is 1.49. The van der Waals surface area contributed by atoms with Gasteiger partial charge >= 0.3 is 5.97 Å². The topological polar surface area (TPSA) is 84.3 Å². The molecule has 0 saturated heterocycles. The van der Waals surface area contributed by atoms with E-state index in [0.29, 0.717) is 16.8 Å². The normalized spacial score (nSPS) is 12.3. The van der Waals surface area contributed by atoms with Crippen LogP contribution in [0, 0.1) is 5.92 Å². The highest BCUT2D eigenvalue weighted by Crippen LogP contribution is 2.22. The molecule has 6 nitrogen and oxygen atoms in total. The highest BCUT2D eigenvalue weighted by molar-refractivity contribution is 9.10. The summed E-state index contributed by atoms with van der Waals surface area (Å²) >= 11 is 3.23. The van der Waals surface area contributed by atoms with Crippen molar-refractivity contribution in [3.63, 3.8) is 0 Å². The van der Waals surface area contributed by atoms with Gasteiger partial charge in [-0.3, -0.25) is 0 Å².